The SMILES string of the molecule is COC(=O)C1CCN(C(=O)c2cc3ccc(Br)cc3[nH]2)CC1. The highest BCUT2D eigenvalue weighted by atomic mass is 79.9. The average Bonchev–Trinajstić information content (AvgIpc) is 2.96. The quantitative estimate of drug-likeness (QED) is 0.833. The Balaban J connectivity index is 1.72. The zero-order valence-electron chi connectivity index (χ0n) is 12.3. The molecule has 6 heteroatoms. The molecule has 1 aromatic carbocycles. The van der Waals surface area contributed by atoms with Crippen LogP contribution in [0.4, 0.5) is 0 Å². The maximum Gasteiger partial charge on any atom is 0.308 e. The van der Waals surface area contributed by atoms with Gasteiger partial charge >= 0.3 is 5.97 Å². The van der Waals surface area contributed by atoms with Gasteiger partial charge in [0.05, 0.1) is 13.0 Å². The number of esters is 1. The van der Waals surface area contributed by atoms with Crippen molar-refractivity contribution in [1.82, 2.24) is 9.88 Å². The summed E-state index contributed by atoms with van der Waals surface area (Å²) in [5.74, 6) is -0.286. The molecule has 0 radical (unpaired) electrons. The molecule has 2 heterocycles. The summed E-state index contributed by atoms with van der Waals surface area (Å²) in [6.07, 6.45) is 1.31. The molecule has 0 saturated carbocycles. The molecule has 1 aliphatic heterocycles. The van der Waals surface area contributed by atoms with Gasteiger partial charge in [-0.2, -0.15) is 0 Å². The van der Waals surface area contributed by atoms with E-state index < -0.39 is 0 Å². The zero-order chi connectivity index (χ0) is 15.7. The number of H-pyrrole nitrogens is 1. The molecule has 1 fully saturated rings. The van der Waals surface area contributed by atoms with Crippen LogP contribution in [0.15, 0.2) is 28.7 Å². The minimum absolute atomic E-state index is 0.0179. The molecule has 0 unspecified atom stereocenters. The average molecular weight is 365 g/mol. The molecule has 2 aromatic rings. The number of carbonyl (C=O) groups excluding carboxylic acids is 2. The Kier molecular flexibility index (Phi) is 4.20. The van der Waals surface area contributed by atoms with Gasteiger partial charge in [-0.05, 0) is 31.0 Å². The number of carbonyl (C=O) groups is 2. The van der Waals surface area contributed by atoms with Gasteiger partial charge in [-0.3, -0.25) is 9.59 Å². The van der Waals surface area contributed by atoms with Crippen LogP contribution in [-0.4, -0.2) is 42.0 Å². The van der Waals surface area contributed by atoms with Crippen molar-refractivity contribution in [2.75, 3.05) is 20.2 Å². The number of piperidine rings is 1. The Morgan fingerprint density at radius 3 is 2.68 bits per heavy atom. The first kappa shape index (κ1) is 15.1. The summed E-state index contributed by atoms with van der Waals surface area (Å²) in [6.45, 7) is 1.16. The highest BCUT2D eigenvalue weighted by Crippen LogP contribution is 2.23. The standard InChI is InChI=1S/C16H17BrN2O3/c1-22-16(21)10-4-6-19(7-5-10)15(20)14-8-11-2-3-12(17)9-13(11)18-14/h2-3,8-10,18H,4-7H2,1H3. The highest BCUT2D eigenvalue weighted by Gasteiger charge is 2.28. The van der Waals surface area contributed by atoms with Gasteiger partial charge < -0.3 is 14.6 Å². The molecular formula is C16H17BrN2O3. The van der Waals surface area contributed by atoms with Crippen LogP contribution < -0.4 is 0 Å². The number of methoxy groups -OCH3 is 1. The third kappa shape index (κ3) is 2.88. The number of rotatable bonds is 2. The Bertz CT molecular complexity index is 717. The summed E-state index contributed by atoms with van der Waals surface area (Å²) in [5, 5.41) is 1.01. The molecule has 1 aliphatic rings. The van der Waals surface area contributed by atoms with E-state index in [1.54, 1.807) is 4.90 Å². The predicted octanol–water partition coefficient (Wildman–Crippen LogP) is 2.96. The van der Waals surface area contributed by atoms with E-state index in [4.69, 9.17) is 4.74 Å². The minimum Gasteiger partial charge on any atom is -0.469 e. The van der Waals surface area contributed by atoms with Crippen molar-refractivity contribution in [3.63, 3.8) is 0 Å². The van der Waals surface area contributed by atoms with Crippen molar-refractivity contribution >= 4 is 38.7 Å². The van der Waals surface area contributed by atoms with E-state index in [0.717, 1.165) is 15.4 Å². The minimum atomic E-state index is -0.178. The summed E-state index contributed by atoms with van der Waals surface area (Å²) in [6, 6.07) is 7.74. The predicted molar refractivity (Wildman–Crippen MR) is 86.6 cm³/mol. The molecular weight excluding hydrogens is 348 g/mol. The topological polar surface area (TPSA) is 62.4 Å². The molecule has 1 N–H and O–H groups in total. The molecule has 22 heavy (non-hydrogen) atoms. The Morgan fingerprint density at radius 2 is 2.00 bits per heavy atom. The third-order valence-electron chi connectivity index (χ3n) is 4.13. The van der Waals surface area contributed by atoms with Crippen LogP contribution in [-0.2, 0) is 9.53 Å². The smallest absolute Gasteiger partial charge is 0.308 e. The third-order valence-corrected chi connectivity index (χ3v) is 4.62. The summed E-state index contributed by atoms with van der Waals surface area (Å²) in [7, 11) is 1.41. The number of amides is 1. The van der Waals surface area contributed by atoms with Gasteiger partial charge in [0.15, 0.2) is 0 Å². The van der Waals surface area contributed by atoms with Crippen molar-refractivity contribution < 1.29 is 14.3 Å². The van der Waals surface area contributed by atoms with E-state index in [9.17, 15) is 9.59 Å². The first-order valence-electron chi connectivity index (χ1n) is 7.24. The zero-order valence-corrected chi connectivity index (χ0v) is 13.9. The lowest BCUT2D eigenvalue weighted by molar-refractivity contribution is -0.146. The van der Waals surface area contributed by atoms with Crippen LogP contribution in [0.2, 0.25) is 0 Å². The number of benzene rings is 1. The summed E-state index contributed by atoms with van der Waals surface area (Å²) < 4.78 is 5.74. The number of hydrogen-bond donors (Lipinski definition) is 1. The second-order valence-electron chi connectivity index (χ2n) is 5.50. The number of halogens is 1. The van der Waals surface area contributed by atoms with E-state index in [1.165, 1.54) is 7.11 Å². The molecule has 1 aromatic heterocycles. The molecule has 1 amide bonds. The van der Waals surface area contributed by atoms with Crippen molar-refractivity contribution in [1.29, 1.82) is 0 Å². The molecule has 0 spiro atoms. The van der Waals surface area contributed by atoms with Gasteiger partial charge in [0.2, 0.25) is 0 Å². The lowest BCUT2D eigenvalue weighted by atomic mass is 9.97. The molecule has 0 aliphatic carbocycles. The van der Waals surface area contributed by atoms with E-state index in [1.807, 2.05) is 24.3 Å². The molecule has 0 bridgehead atoms. The van der Waals surface area contributed by atoms with Crippen molar-refractivity contribution in [3.8, 4) is 0 Å². The lowest BCUT2D eigenvalue weighted by Crippen LogP contribution is -2.40. The van der Waals surface area contributed by atoms with Crippen LogP contribution in [0, 0.1) is 5.92 Å². The molecule has 116 valence electrons. The highest BCUT2D eigenvalue weighted by molar-refractivity contribution is 9.10. The van der Waals surface area contributed by atoms with Crippen LogP contribution >= 0.6 is 15.9 Å². The molecule has 1 saturated heterocycles. The fourth-order valence-corrected chi connectivity index (χ4v) is 3.23. The van der Waals surface area contributed by atoms with Crippen LogP contribution in [0.3, 0.4) is 0 Å². The number of aromatic amines is 1. The number of aromatic nitrogens is 1. The Labute approximate surface area is 136 Å². The molecule has 3 rings (SSSR count). The van der Waals surface area contributed by atoms with Gasteiger partial charge in [0.25, 0.3) is 5.91 Å². The van der Waals surface area contributed by atoms with E-state index in [0.29, 0.717) is 31.6 Å². The van der Waals surface area contributed by atoms with Crippen molar-refractivity contribution in [2.24, 2.45) is 5.92 Å². The van der Waals surface area contributed by atoms with Gasteiger partial charge in [0, 0.05) is 28.5 Å². The number of likely N-dealkylation sites (tertiary alicyclic amines) is 1. The van der Waals surface area contributed by atoms with Gasteiger partial charge in [0.1, 0.15) is 5.69 Å². The van der Waals surface area contributed by atoms with Crippen LogP contribution in [0.1, 0.15) is 23.3 Å². The maximum atomic E-state index is 12.6. The van der Waals surface area contributed by atoms with Crippen molar-refractivity contribution in [3.05, 3.63) is 34.4 Å². The second-order valence-corrected chi connectivity index (χ2v) is 6.42. The van der Waals surface area contributed by atoms with E-state index in [2.05, 4.69) is 20.9 Å². The van der Waals surface area contributed by atoms with Crippen molar-refractivity contribution in [2.45, 2.75) is 12.8 Å². The first-order chi connectivity index (χ1) is 10.6. The lowest BCUT2D eigenvalue weighted by Gasteiger charge is -2.30. The number of ether oxygens (including phenoxy) is 1. The van der Waals surface area contributed by atoms with E-state index >= 15 is 0 Å². The summed E-state index contributed by atoms with van der Waals surface area (Å²) >= 11 is 3.42. The summed E-state index contributed by atoms with van der Waals surface area (Å²) in [5.41, 5.74) is 1.52. The van der Waals surface area contributed by atoms with Crippen LogP contribution in [0.5, 0.6) is 0 Å². The first-order valence-corrected chi connectivity index (χ1v) is 8.03. The molecule has 0 atom stereocenters. The van der Waals surface area contributed by atoms with Gasteiger partial charge in [-0.25, -0.2) is 0 Å². The number of hydrogen-bond acceptors (Lipinski definition) is 3. The number of fused-ring (bicyclic) bond motifs is 1. The Hall–Kier alpha value is -1.82. The fourth-order valence-electron chi connectivity index (χ4n) is 2.87. The Morgan fingerprint density at radius 1 is 1.27 bits per heavy atom. The largest absolute Gasteiger partial charge is 0.469 e. The number of nitrogens with one attached hydrogen (secondary N) is 1. The summed E-state index contributed by atoms with van der Waals surface area (Å²) in [4.78, 5) is 29.1. The number of nitrogens with zero attached hydrogens (tertiary/aromatic N) is 1. The monoisotopic (exact) mass is 364 g/mol. The second kappa shape index (κ2) is 6.12. The maximum absolute atomic E-state index is 12.6. The normalized spacial score (nSPS) is 16.0. The van der Waals surface area contributed by atoms with Crippen LogP contribution in [0.25, 0.3) is 10.9 Å². The van der Waals surface area contributed by atoms with Gasteiger partial charge in [-0.15, -0.1) is 0 Å². The van der Waals surface area contributed by atoms with E-state index in [-0.39, 0.29) is 17.8 Å². The fraction of sp³-hybridized carbons (Fsp3) is 0.375. The van der Waals surface area contributed by atoms with Gasteiger partial charge in [-0.1, -0.05) is 22.0 Å². The molecule has 5 nitrogen and oxygen atoms in total.